The van der Waals surface area contributed by atoms with Crippen molar-refractivity contribution in [3.05, 3.63) is 53.2 Å². The van der Waals surface area contributed by atoms with Gasteiger partial charge in [0.05, 0.1) is 6.04 Å². The molecule has 3 atom stereocenters. The van der Waals surface area contributed by atoms with Gasteiger partial charge in [-0.2, -0.15) is 0 Å². The maximum absolute atomic E-state index is 12.4. The van der Waals surface area contributed by atoms with Crippen LogP contribution in [0.2, 0.25) is 0 Å². The summed E-state index contributed by atoms with van der Waals surface area (Å²) >= 11 is 0. The summed E-state index contributed by atoms with van der Waals surface area (Å²) in [5.41, 5.74) is 3.31. The van der Waals surface area contributed by atoms with Crippen molar-refractivity contribution >= 4 is 23.3 Å². The van der Waals surface area contributed by atoms with Crippen molar-refractivity contribution in [3.8, 4) is 0 Å². The van der Waals surface area contributed by atoms with Gasteiger partial charge in [0.15, 0.2) is 0 Å². The lowest BCUT2D eigenvalue weighted by atomic mass is 9.82. The Kier molecular flexibility index (Phi) is 5.68. The summed E-state index contributed by atoms with van der Waals surface area (Å²) in [6.45, 7) is 10.2. The van der Waals surface area contributed by atoms with E-state index in [4.69, 9.17) is 0 Å². The van der Waals surface area contributed by atoms with Crippen LogP contribution in [-0.2, 0) is 4.79 Å². The van der Waals surface area contributed by atoms with E-state index < -0.39 is 0 Å². The average molecular weight is 380 g/mol. The lowest BCUT2D eigenvalue weighted by molar-refractivity contribution is -0.117. The van der Waals surface area contributed by atoms with E-state index in [9.17, 15) is 9.59 Å². The predicted octanol–water partition coefficient (Wildman–Crippen LogP) is 3.68. The van der Waals surface area contributed by atoms with Gasteiger partial charge in [0, 0.05) is 42.4 Å². The van der Waals surface area contributed by atoms with E-state index in [1.807, 2.05) is 49.1 Å². The molecule has 0 fully saturated rings. The molecule has 3 rings (SSSR count). The molecule has 0 saturated heterocycles. The van der Waals surface area contributed by atoms with E-state index in [0.717, 1.165) is 22.8 Å². The first-order valence-electron chi connectivity index (χ1n) is 9.75. The molecule has 2 amide bonds. The Balaban J connectivity index is 2.09. The second-order valence-corrected chi connectivity index (χ2v) is 7.41. The van der Waals surface area contributed by atoms with Gasteiger partial charge >= 0.3 is 0 Å². The second-order valence-electron chi connectivity index (χ2n) is 7.41. The molecule has 6 heteroatoms. The molecule has 148 valence electrons. The zero-order chi connectivity index (χ0) is 20.4. The molecule has 1 aromatic carbocycles. The molecule has 0 saturated carbocycles. The number of benzene rings is 1. The summed E-state index contributed by atoms with van der Waals surface area (Å²) in [7, 11) is 0. The Labute approximate surface area is 166 Å². The van der Waals surface area contributed by atoms with Crippen LogP contribution in [0.5, 0.6) is 0 Å². The average Bonchev–Trinajstić information content (AvgIpc) is 2.65. The third-order valence-electron chi connectivity index (χ3n) is 5.45. The first-order valence-corrected chi connectivity index (χ1v) is 9.75. The van der Waals surface area contributed by atoms with Crippen LogP contribution in [0.25, 0.3) is 0 Å². The van der Waals surface area contributed by atoms with Gasteiger partial charge in [0.1, 0.15) is 5.82 Å². The Morgan fingerprint density at radius 2 is 1.93 bits per heavy atom. The van der Waals surface area contributed by atoms with Crippen molar-refractivity contribution in [2.75, 3.05) is 16.8 Å². The van der Waals surface area contributed by atoms with E-state index >= 15 is 0 Å². The summed E-state index contributed by atoms with van der Waals surface area (Å²) in [5, 5.41) is 6.38. The third-order valence-corrected chi connectivity index (χ3v) is 5.45. The van der Waals surface area contributed by atoms with E-state index in [0.29, 0.717) is 12.1 Å². The molecule has 2 heterocycles. The highest BCUT2D eigenvalue weighted by Gasteiger charge is 2.38. The number of hydrogen-bond acceptors (Lipinski definition) is 4. The number of carbonyl (C=O) groups is 2. The number of hydrogen-bond donors (Lipinski definition) is 2. The smallest absolute Gasteiger partial charge is 0.251 e. The fraction of sp³-hybridized carbons (Fsp3) is 0.409. The first-order chi connectivity index (χ1) is 13.3. The zero-order valence-electron chi connectivity index (χ0n) is 17.1. The molecular formula is C22H28N4O2. The Morgan fingerprint density at radius 1 is 1.18 bits per heavy atom. The van der Waals surface area contributed by atoms with Gasteiger partial charge in [0.2, 0.25) is 5.91 Å². The van der Waals surface area contributed by atoms with Crippen LogP contribution in [-0.4, -0.2) is 29.4 Å². The quantitative estimate of drug-likeness (QED) is 0.848. The molecule has 1 aromatic heterocycles. The normalized spacial score (nSPS) is 21.0. The van der Waals surface area contributed by atoms with Crippen molar-refractivity contribution in [2.45, 2.75) is 46.7 Å². The van der Waals surface area contributed by atoms with Crippen molar-refractivity contribution in [1.82, 2.24) is 10.3 Å². The Bertz CT molecular complexity index is 896. The summed E-state index contributed by atoms with van der Waals surface area (Å²) in [6.07, 6.45) is 0. The van der Waals surface area contributed by atoms with E-state index in [2.05, 4.69) is 29.5 Å². The van der Waals surface area contributed by atoms with Crippen LogP contribution in [0.1, 0.15) is 55.4 Å². The van der Waals surface area contributed by atoms with Crippen molar-refractivity contribution in [3.63, 3.8) is 0 Å². The first kappa shape index (κ1) is 19.9. The fourth-order valence-electron chi connectivity index (χ4n) is 3.89. The second kappa shape index (κ2) is 8.00. The molecule has 1 aliphatic rings. The van der Waals surface area contributed by atoms with Crippen LogP contribution in [0, 0.1) is 12.8 Å². The van der Waals surface area contributed by atoms with E-state index in [1.54, 1.807) is 13.0 Å². The van der Waals surface area contributed by atoms with Gasteiger partial charge in [-0.25, -0.2) is 4.98 Å². The summed E-state index contributed by atoms with van der Waals surface area (Å²) < 4.78 is 0. The van der Waals surface area contributed by atoms with Gasteiger partial charge in [-0.1, -0.05) is 13.0 Å². The van der Waals surface area contributed by atoms with Crippen LogP contribution in [0.15, 0.2) is 36.4 Å². The minimum absolute atomic E-state index is 0.00140. The van der Waals surface area contributed by atoms with Gasteiger partial charge in [0.25, 0.3) is 5.91 Å². The number of anilines is 2. The van der Waals surface area contributed by atoms with E-state index in [1.165, 1.54) is 0 Å². The molecule has 2 aromatic rings. The molecule has 0 bridgehead atoms. The lowest BCUT2D eigenvalue weighted by Gasteiger charge is -2.44. The highest BCUT2D eigenvalue weighted by atomic mass is 16.2. The number of nitrogens with zero attached hydrogens (tertiary/aromatic N) is 2. The molecule has 0 spiro atoms. The summed E-state index contributed by atoms with van der Waals surface area (Å²) in [5.74, 6) is 0.801. The molecule has 1 aliphatic heterocycles. The number of fused-ring (bicyclic) bond motifs is 1. The number of pyridine rings is 1. The lowest BCUT2D eigenvalue weighted by Crippen LogP contribution is -2.48. The number of aromatic nitrogens is 1. The van der Waals surface area contributed by atoms with Crippen molar-refractivity contribution in [1.29, 1.82) is 0 Å². The topological polar surface area (TPSA) is 74.3 Å². The van der Waals surface area contributed by atoms with Crippen molar-refractivity contribution in [2.24, 2.45) is 5.92 Å². The monoisotopic (exact) mass is 380 g/mol. The van der Waals surface area contributed by atoms with Crippen LogP contribution in [0.3, 0.4) is 0 Å². The fourth-order valence-corrected chi connectivity index (χ4v) is 3.89. The third kappa shape index (κ3) is 3.72. The van der Waals surface area contributed by atoms with Gasteiger partial charge in [-0.3, -0.25) is 9.59 Å². The molecular weight excluding hydrogens is 352 g/mol. The van der Waals surface area contributed by atoms with Crippen LogP contribution < -0.4 is 15.5 Å². The van der Waals surface area contributed by atoms with E-state index in [-0.39, 0.29) is 29.8 Å². The number of rotatable bonds is 4. The number of carbonyl (C=O) groups excluding carboxylic acids is 2. The highest BCUT2D eigenvalue weighted by molar-refractivity contribution is 5.97. The minimum atomic E-state index is -0.113. The van der Waals surface area contributed by atoms with Crippen LogP contribution in [0.4, 0.5) is 11.5 Å². The molecule has 2 N–H and O–H groups in total. The molecule has 0 aliphatic carbocycles. The van der Waals surface area contributed by atoms with Gasteiger partial charge in [-0.05, 0) is 56.7 Å². The Morgan fingerprint density at radius 3 is 2.57 bits per heavy atom. The molecule has 28 heavy (non-hydrogen) atoms. The highest BCUT2D eigenvalue weighted by Crippen LogP contribution is 2.42. The minimum Gasteiger partial charge on any atom is -0.363 e. The molecule has 0 unspecified atom stereocenters. The summed E-state index contributed by atoms with van der Waals surface area (Å²) in [4.78, 5) is 31.1. The van der Waals surface area contributed by atoms with Gasteiger partial charge < -0.3 is 15.5 Å². The maximum atomic E-state index is 12.4. The number of amides is 2. The molecule has 0 radical (unpaired) electrons. The van der Waals surface area contributed by atoms with Gasteiger partial charge in [-0.15, -0.1) is 0 Å². The maximum Gasteiger partial charge on any atom is 0.251 e. The van der Waals surface area contributed by atoms with Crippen molar-refractivity contribution < 1.29 is 9.59 Å². The zero-order valence-corrected chi connectivity index (χ0v) is 17.1. The number of aryl methyl sites for hydroxylation is 1. The molecule has 6 nitrogen and oxygen atoms in total. The summed E-state index contributed by atoms with van der Waals surface area (Å²) in [6, 6.07) is 11.4. The standard InChI is InChI=1S/C22H28N4O2/c1-6-23-22(28)17-10-11-19-18(12-17)21(14(3)15(4)26(19)16(5)27)25-20-9-7-8-13(2)24-20/h7-12,14-15,21H,6H2,1-5H3,(H,23,28)(H,24,25)/t14-,15-,21+/m0/s1. The Hall–Kier alpha value is -2.89. The van der Waals surface area contributed by atoms with Crippen LogP contribution >= 0.6 is 0 Å². The predicted molar refractivity (Wildman–Crippen MR) is 112 cm³/mol. The SMILES string of the molecule is CCNC(=O)c1ccc2c(c1)[C@H](Nc1cccc(C)n1)[C@@H](C)[C@H](C)N2C(C)=O. The largest absolute Gasteiger partial charge is 0.363 e. The number of nitrogens with one attached hydrogen (secondary N) is 2.